The third-order valence-electron chi connectivity index (χ3n) is 5.00. The van der Waals surface area contributed by atoms with Crippen molar-refractivity contribution in [3.8, 4) is 11.3 Å². The van der Waals surface area contributed by atoms with Crippen LogP contribution < -0.4 is 0 Å². The van der Waals surface area contributed by atoms with E-state index in [1.54, 1.807) is 0 Å². The lowest BCUT2D eigenvalue weighted by Crippen LogP contribution is -2.27. The zero-order valence-corrected chi connectivity index (χ0v) is 13.3. The first-order valence-corrected chi connectivity index (χ1v) is 7.97. The summed E-state index contributed by atoms with van der Waals surface area (Å²) in [6, 6.07) is 3.08. The van der Waals surface area contributed by atoms with Gasteiger partial charge in [-0.15, -0.1) is 0 Å². The van der Waals surface area contributed by atoms with Crippen LogP contribution in [-0.2, 0) is 5.41 Å². The maximum atomic E-state index is 14.6. The van der Waals surface area contributed by atoms with Gasteiger partial charge in [0.1, 0.15) is 17.2 Å². The summed E-state index contributed by atoms with van der Waals surface area (Å²) in [5.74, 6) is -1.07. The van der Waals surface area contributed by atoms with Gasteiger partial charge in [0.15, 0.2) is 5.82 Å². The van der Waals surface area contributed by atoms with Crippen LogP contribution in [-0.4, -0.2) is 15.7 Å². The van der Waals surface area contributed by atoms with Crippen LogP contribution >= 0.6 is 11.6 Å². The van der Waals surface area contributed by atoms with Crippen molar-refractivity contribution in [2.24, 2.45) is 4.99 Å². The Morgan fingerprint density at radius 3 is 2.54 bits per heavy atom. The predicted molar refractivity (Wildman–Crippen MR) is 92.0 cm³/mol. The van der Waals surface area contributed by atoms with Crippen LogP contribution in [0.3, 0.4) is 0 Å². The van der Waals surface area contributed by atoms with Crippen molar-refractivity contribution < 1.29 is 8.78 Å². The van der Waals surface area contributed by atoms with Gasteiger partial charge >= 0.3 is 0 Å². The van der Waals surface area contributed by atoms with E-state index < -0.39 is 11.6 Å². The second-order valence-corrected chi connectivity index (χ2v) is 6.51. The Bertz CT molecular complexity index is 842. The summed E-state index contributed by atoms with van der Waals surface area (Å²) >= 11 is 5.76. The molecule has 2 aromatic rings. The van der Waals surface area contributed by atoms with Crippen LogP contribution in [0.25, 0.3) is 11.3 Å². The number of rotatable bonds is 1. The summed E-state index contributed by atoms with van der Waals surface area (Å²) in [5.41, 5.74) is 2.36. The average Bonchev–Trinajstić information content (AvgIpc) is 3.11. The Labute approximate surface area is 144 Å². The van der Waals surface area contributed by atoms with E-state index in [0.29, 0.717) is 11.3 Å². The minimum atomic E-state index is -0.621. The van der Waals surface area contributed by atoms with E-state index in [1.807, 2.05) is 13.0 Å². The predicted octanol–water partition coefficient (Wildman–Crippen LogP) is 5.63. The molecule has 0 atom stereocenters. The highest BCUT2D eigenvalue weighted by Crippen LogP contribution is 2.52. The third-order valence-corrected chi connectivity index (χ3v) is 5.18. The molecule has 1 fully saturated rings. The average molecular weight is 350 g/mol. The molecule has 6 heteroatoms. The maximum Gasteiger partial charge on any atom is 0.223 e. The minimum Gasteiger partial charge on any atom is -0.254 e. The maximum absolute atomic E-state index is 14.6. The number of hydrogen-bond acceptors (Lipinski definition) is 3. The molecular formula is C18H18ClF2N3. The Morgan fingerprint density at radius 1 is 1.12 bits per heavy atom. The summed E-state index contributed by atoms with van der Waals surface area (Å²) in [6.45, 7) is 1.95. The first-order chi connectivity index (χ1) is 11.0. The van der Waals surface area contributed by atoms with E-state index in [4.69, 9.17) is 11.6 Å². The van der Waals surface area contributed by atoms with E-state index in [2.05, 4.69) is 15.0 Å². The van der Waals surface area contributed by atoms with Crippen LogP contribution in [0.1, 0.15) is 45.6 Å². The topological polar surface area (TPSA) is 38.1 Å². The summed E-state index contributed by atoms with van der Waals surface area (Å²) in [5, 5.41) is -0.0645. The molecule has 0 amide bonds. The molecule has 1 aliphatic heterocycles. The lowest BCUT2D eigenvalue weighted by Gasteiger charge is -2.25. The number of benzene rings is 1. The number of halogens is 3. The second-order valence-electron chi connectivity index (χ2n) is 6.18. The standard InChI is InChI=1S/C17H14ClF2N3.CH4/c1-9-17(4-2-3-5-17)11-6-10(7-12(19)15(11)22-9)14-13(20)8-21-16(18)23-14;/h6-8H,2-5H2,1H3;1H4. The zero-order valence-electron chi connectivity index (χ0n) is 12.5. The van der Waals surface area contributed by atoms with Crippen LogP contribution in [0.2, 0.25) is 5.28 Å². The van der Waals surface area contributed by atoms with Gasteiger partial charge in [-0.25, -0.2) is 18.7 Å². The van der Waals surface area contributed by atoms with E-state index in [0.717, 1.165) is 43.2 Å². The molecule has 2 aliphatic rings. The third kappa shape index (κ3) is 2.34. The fourth-order valence-corrected chi connectivity index (χ4v) is 3.97. The van der Waals surface area contributed by atoms with Crippen LogP contribution in [0.5, 0.6) is 0 Å². The molecule has 0 radical (unpaired) electrons. The van der Waals surface area contributed by atoms with Gasteiger partial charge in [0.05, 0.1) is 6.20 Å². The molecule has 2 heterocycles. The SMILES string of the molecule is C.CC1=Nc2c(F)cc(-c3nc(Cl)ncc3F)cc2C12CCCC2. The Balaban J connectivity index is 0.00000169. The number of nitrogens with zero attached hydrogens (tertiary/aromatic N) is 3. The van der Waals surface area contributed by atoms with Gasteiger partial charge in [-0.2, -0.15) is 0 Å². The van der Waals surface area contributed by atoms with Crippen LogP contribution in [0.4, 0.5) is 14.5 Å². The molecule has 4 rings (SSSR count). The molecule has 1 aromatic carbocycles. The monoisotopic (exact) mass is 349 g/mol. The molecule has 0 bridgehead atoms. The van der Waals surface area contributed by atoms with Crippen molar-refractivity contribution >= 4 is 23.0 Å². The van der Waals surface area contributed by atoms with Crippen molar-refractivity contribution in [2.45, 2.75) is 45.4 Å². The lowest BCUT2D eigenvalue weighted by molar-refractivity contribution is 0.596. The molecule has 1 aromatic heterocycles. The molecular weight excluding hydrogens is 332 g/mol. The Kier molecular flexibility index (Phi) is 4.16. The van der Waals surface area contributed by atoms with Gasteiger partial charge in [-0.1, -0.05) is 20.3 Å². The Hall–Kier alpha value is -1.88. The quantitative estimate of drug-likeness (QED) is 0.626. The van der Waals surface area contributed by atoms with E-state index in [9.17, 15) is 8.78 Å². The number of fused-ring (bicyclic) bond motifs is 2. The molecule has 126 valence electrons. The molecule has 3 nitrogen and oxygen atoms in total. The van der Waals surface area contributed by atoms with Gasteiger partial charge in [0.25, 0.3) is 0 Å². The minimum absolute atomic E-state index is 0. The smallest absolute Gasteiger partial charge is 0.223 e. The molecule has 0 N–H and O–H groups in total. The van der Waals surface area contributed by atoms with E-state index >= 15 is 0 Å². The number of aliphatic imine (C=N–C) groups is 1. The molecule has 0 saturated heterocycles. The van der Waals surface area contributed by atoms with Gasteiger partial charge in [-0.05, 0) is 49.1 Å². The summed E-state index contributed by atoms with van der Waals surface area (Å²) in [4.78, 5) is 12.0. The van der Waals surface area contributed by atoms with Gasteiger partial charge < -0.3 is 0 Å². The summed E-state index contributed by atoms with van der Waals surface area (Å²) < 4.78 is 28.6. The van der Waals surface area contributed by atoms with Gasteiger partial charge in [0, 0.05) is 16.7 Å². The molecule has 1 spiro atoms. The van der Waals surface area contributed by atoms with Crippen LogP contribution in [0.15, 0.2) is 23.3 Å². The van der Waals surface area contributed by atoms with Gasteiger partial charge in [-0.3, -0.25) is 4.99 Å². The second kappa shape index (κ2) is 5.88. The highest BCUT2D eigenvalue weighted by molar-refractivity contribution is 6.28. The highest BCUT2D eigenvalue weighted by atomic mass is 35.5. The molecule has 1 saturated carbocycles. The normalized spacial score (nSPS) is 17.6. The molecule has 0 unspecified atom stereocenters. The number of hydrogen-bond donors (Lipinski definition) is 0. The first-order valence-electron chi connectivity index (χ1n) is 7.59. The Morgan fingerprint density at radius 2 is 1.83 bits per heavy atom. The van der Waals surface area contributed by atoms with Gasteiger partial charge in [0.2, 0.25) is 5.28 Å². The van der Waals surface area contributed by atoms with E-state index in [1.165, 1.54) is 6.07 Å². The molecule has 1 aliphatic carbocycles. The van der Waals surface area contributed by atoms with Crippen molar-refractivity contribution in [3.63, 3.8) is 0 Å². The fraction of sp³-hybridized carbons (Fsp3) is 0.389. The lowest BCUT2D eigenvalue weighted by atomic mass is 9.76. The zero-order chi connectivity index (χ0) is 16.2. The first kappa shape index (κ1) is 17.0. The van der Waals surface area contributed by atoms with Crippen molar-refractivity contribution in [1.29, 1.82) is 0 Å². The summed E-state index contributed by atoms with van der Waals surface area (Å²) in [7, 11) is 0. The van der Waals surface area contributed by atoms with Crippen molar-refractivity contribution in [3.05, 3.63) is 40.8 Å². The van der Waals surface area contributed by atoms with Crippen molar-refractivity contribution in [1.82, 2.24) is 9.97 Å². The van der Waals surface area contributed by atoms with E-state index in [-0.39, 0.29) is 23.8 Å². The van der Waals surface area contributed by atoms with Crippen LogP contribution in [0, 0.1) is 11.6 Å². The van der Waals surface area contributed by atoms with Crippen molar-refractivity contribution in [2.75, 3.05) is 0 Å². The number of aromatic nitrogens is 2. The highest BCUT2D eigenvalue weighted by Gasteiger charge is 2.44. The largest absolute Gasteiger partial charge is 0.254 e. The summed E-state index contributed by atoms with van der Waals surface area (Å²) in [6.07, 6.45) is 5.08. The molecule has 24 heavy (non-hydrogen) atoms. The fourth-order valence-electron chi connectivity index (χ4n) is 3.84.